The molecule has 0 amide bonds. The maximum absolute atomic E-state index is 10.0. The minimum Gasteiger partial charge on any atom is -0.508 e. The van der Waals surface area contributed by atoms with Gasteiger partial charge in [-0.05, 0) is 44.3 Å². The fourth-order valence-electron chi connectivity index (χ4n) is 3.62. The Morgan fingerprint density at radius 3 is 2.63 bits per heavy atom. The lowest BCUT2D eigenvalue weighted by molar-refractivity contribution is 0.0664. The third kappa shape index (κ3) is 2.63. The summed E-state index contributed by atoms with van der Waals surface area (Å²) in [6.07, 6.45) is 3.67. The Kier molecular flexibility index (Phi) is 3.76. The molecular weight excluding hydrogens is 236 g/mol. The van der Waals surface area contributed by atoms with Gasteiger partial charge in [0.25, 0.3) is 0 Å². The molecule has 1 aromatic rings. The highest BCUT2D eigenvalue weighted by Gasteiger charge is 2.35. The van der Waals surface area contributed by atoms with Gasteiger partial charge in [-0.3, -0.25) is 0 Å². The molecule has 104 valence electrons. The highest BCUT2D eigenvalue weighted by Crippen LogP contribution is 2.32. The van der Waals surface area contributed by atoms with Gasteiger partial charge in [-0.15, -0.1) is 0 Å². The molecular formula is C16H24N2O. The van der Waals surface area contributed by atoms with E-state index in [1.807, 2.05) is 18.2 Å². The first kappa shape index (κ1) is 12.9. The van der Waals surface area contributed by atoms with Gasteiger partial charge in [0.15, 0.2) is 0 Å². The highest BCUT2D eigenvalue weighted by atomic mass is 16.3. The third-order valence-electron chi connectivity index (χ3n) is 4.79. The molecule has 4 rings (SSSR count). The van der Waals surface area contributed by atoms with Crippen molar-refractivity contribution in [3.8, 4) is 5.75 Å². The quantitative estimate of drug-likeness (QED) is 0.873. The number of hydrogen-bond donors (Lipinski definition) is 2. The number of fused-ring (bicyclic) bond motifs is 3. The minimum absolute atomic E-state index is 0.270. The molecule has 0 saturated carbocycles. The predicted molar refractivity (Wildman–Crippen MR) is 77.2 cm³/mol. The average Bonchev–Trinajstić information content (AvgIpc) is 2.47. The zero-order valence-electron chi connectivity index (χ0n) is 11.7. The maximum atomic E-state index is 10.0. The number of nitrogens with one attached hydrogen (secondary N) is 1. The van der Waals surface area contributed by atoms with Crippen molar-refractivity contribution >= 4 is 0 Å². The summed E-state index contributed by atoms with van der Waals surface area (Å²) in [7, 11) is 0. The second kappa shape index (κ2) is 5.51. The van der Waals surface area contributed by atoms with Crippen molar-refractivity contribution < 1.29 is 5.11 Å². The van der Waals surface area contributed by atoms with Gasteiger partial charge in [-0.1, -0.05) is 25.1 Å². The molecule has 2 N–H and O–H groups in total. The first-order chi connectivity index (χ1) is 9.28. The van der Waals surface area contributed by atoms with Crippen LogP contribution < -0.4 is 5.32 Å². The van der Waals surface area contributed by atoms with Gasteiger partial charge in [0.1, 0.15) is 5.75 Å². The molecule has 0 aromatic heterocycles. The Balaban J connectivity index is 1.72. The smallest absolute Gasteiger partial charge is 0.120 e. The molecule has 3 heterocycles. The maximum Gasteiger partial charge on any atom is 0.120 e. The molecule has 3 nitrogen and oxygen atoms in total. The van der Waals surface area contributed by atoms with Gasteiger partial charge in [0, 0.05) is 24.2 Å². The Bertz CT molecular complexity index is 427. The molecule has 0 spiro atoms. The summed E-state index contributed by atoms with van der Waals surface area (Å²) in [6, 6.07) is 8.59. The summed E-state index contributed by atoms with van der Waals surface area (Å²) < 4.78 is 0. The summed E-state index contributed by atoms with van der Waals surface area (Å²) in [5.74, 6) is 1.24. The van der Waals surface area contributed by atoms with Crippen LogP contribution in [0.5, 0.6) is 5.75 Å². The third-order valence-corrected chi connectivity index (χ3v) is 4.79. The molecule has 3 aliphatic heterocycles. The van der Waals surface area contributed by atoms with Crippen LogP contribution in [0.4, 0.5) is 0 Å². The van der Waals surface area contributed by atoms with Gasteiger partial charge in [0.2, 0.25) is 0 Å². The predicted octanol–water partition coefficient (Wildman–Crippen LogP) is 2.53. The molecule has 0 radical (unpaired) electrons. The number of piperidine rings is 3. The normalized spacial score (nSPS) is 31.3. The van der Waals surface area contributed by atoms with Crippen LogP contribution in [0.25, 0.3) is 0 Å². The Morgan fingerprint density at radius 2 is 2.05 bits per heavy atom. The van der Waals surface area contributed by atoms with Crippen molar-refractivity contribution in [2.24, 2.45) is 5.92 Å². The second-order valence-electron chi connectivity index (χ2n) is 5.93. The molecule has 0 aliphatic carbocycles. The highest BCUT2D eigenvalue weighted by molar-refractivity contribution is 5.34. The number of phenols is 1. The van der Waals surface area contributed by atoms with Crippen LogP contribution in [-0.4, -0.2) is 35.7 Å². The van der Waals surface area contributed by atoms with E-state index in [4.69, 9.17) is 0 Å². The van der Waals surface area contributed by atoms with Crippen LogP contribution in [0, 0.1) is 5.92 Å². The topological polar surface area (TPSA) is 35.5 Å². The van der Waals surface area contributed by atoms with E-state index in [0.717, 1.165) is 17.9 Å². The summed E-state index contributed by atoms with van der Waals surface area (Å²) in [4.78, 5) is 2.56. The van der Waals surface area contributed by atoms with Crippen LogP contribution >= 0.6 is 0 Å². The number of para-hydroxylation sites is 1. The number of phenolic OH excluding ortho intramolecular Hbond substituents is 1. The molecule has 3 aliphatic rings. The van der Waals surface area contributed by atoms with Crippen LogP contribution in [0.3, 0.4) is 0 Å². The second-order valence-corrected chi connectivity index (χ2v) is 5.93. The molecule has 2 bridgehead atoms. The molecule has 2 atom stereocenters. The van der Waals surface area contributed by atoms with Crippen LogP contribution in [0.2, 0.25) is 0 Å². The standard InChI is InChI=1S/C16H24N2O/c1-2-14(13-5-3-4-6-16(13)19)17-15-11-18-9-7-12(15)8-10-18/h3-6,12,14-15,17,19H,2,7-11H2,1H3. The van der Waals surface area contributed by atoms with Gasteiger partial charge in [0.05, 0.1) is 0 Å². The number of rotatable bonds is 4. The van der Waals surface area contributed by atoms with E-state index in [9.17, 15) is 5.11 Å². The van der Waals surface area contributed by atoms with Crippen LogP contribution in [0.1, 0.15) is 37.8 Å². The number of nitrogens with zero attached hydrogens (tertiary/aromatic N) is 1. The summed E-state index contributed by atoms with van der Waals surface area (Å²) in [5.41, 5.74) is 1.04. The van der Waals surface area contributed by atoms with Crippen LogP contribution in [-0.2, 0) is 0 Å². The van der Waals surface area contributed by atoms with Crippen molar-refractivity contribution in [2.45, 2.75) is 38.3 Å². The SMILES string of the molecule is CCC(NC1CN2CCC1CC2)c1ccccc1O. The van der Waals surface area contributed by atoms with E-state index in [2.05, 4.69) is 17.1 Å². The number of hydrogen-bond acceptors (Lipinski definition) is 3. The Labute approximate surface area is 115 Å². The lowest BCUT2D eigenvalue weighted by atomic mass is 9.83. The van der Waals surface area contributed by atoms with Gasteiger partial charge < -0.3 is 15.3 Å². The first-order valence-electron chi connectivity index (χ1n) is 7.54. The Hall–Kier alpha value is -1.06. The summed E-state index contributed by atoms with van der Waals surface area (Å²) in [6.45, 7) is 5.91. The lowest BCUT2D eigenvalue weighted by Gasteiger charge is -2.46. The molecule has 3 fully saturated rings. The zero-order valence-corrected chi connectivity index (χ0v) is 11.7. The van der Waals surface area contributed by atoms with Crippen LogP contribution in [0.15, 0.2) is 24.3 Å². The molecule has 2 unspecified atom stereocenters. The molecule has 1 aromatic carbocycles. The van der Waals surface area contributed by atoms with E-state index in [1.54, 1.807) is 6.07 Å². The van der Waals surface area contributed by atoms with E-state index in [1.165, 1.54) is 32.5 Å². The van der Waals surface area contributed by atoms with Crippen molar-refractivity contribution in [1.29, 1.82) is 0 Å². The number of benzene rings is 1. The first-order valence-corrected chi connectivity index (χ1v) is 7.54. The summed E-state index contributed by atoms with van der Waals surface area (Å²) >= 11 is 0. The van der Waals surface area contributed by atoms with E-state index in [0.29, 0.717) is 11.8 Å². The number of aromatic hydroxyl groups is 1. The van der Waals surface area contributed by atoms with Gasteiger partial charge >= 0.3 is 0 Å². The average molecular weight is 260 g/mol. The zero-order chi connectivity index (χ0) is 13.2. The fourth-order valence-corrected chi connectivity index (χ4v) is 3.62. The molecule has 3 saturated heterocycles. The molecule has 3 heteroatoms. The largest absolute Gasteiger partial charge is 0.508 e. The molecule has 19 heavy (non-hydrogen) atoms. The van der Waals surface area contributed by atoms with E-state index >= 15 is 0 Å². The van der Waals surface area contributed by atoms with E-state index < -0.39 is 0 Å². The van der Waals surface area contributed by atoms with Crippen molar-refractivity contribution in [3.63, 3.8) is 0 Å². The van der Waals surface area contributed by atoms with Crippen molar-refractivity contribution in [2.75, 3.05) is 19.6 Å². The lowest BCUT2D eigenvalue weighted by Crippen LogP contribution is -2.56. The van der Waals surface area contributed by atoms with Gasteiger partial charge in [-0.2, -0.15) is 0 Å². The van der Waals surface area contributed by atoms with Gasteiger partial charge in [-0.25, -0.2) is 0 Å². The Morgan fingerprint density at radius 1 is 1.32 bits per heavy atom. The van der Waals surface area contributed by atoms with E-state index in [-0.39, 0.29) is 6.04 Å². The minimum atomic E-state index is 0.270. The van der Waals surface area contributed by atoms with Crippen molar-refractivity contribution in [1.82, 2.24) is 10.2 Å². The van der Waals surface area contributed by atoms with Crippen molar-refractivity contribution in [3.05, 3.63) is 29.8 Å². The summed E-state index contributed by atoms with van der Waals surface area (Å²) in [5, 5.41) is 13.8. The fraction of sp³-hybridized carbons (Fsp3) is 0.625. The monoisotopic (exact) mass is 260 g/mol.